The van der Waals surface area contributed by atoms with Crippen molar-refractivity contribution in [1.29, 1.82) is 0 Å². The maximum absolute atomic E-state index is 5.13. The molecule has 0 saturated carbocycles. The normalized spacial score (nSPS) is 11.9. The van der Waals surface area contributed by atoms with Crippen LogP contribution in [0.4, 0.5) is 0 Å². The van der Waals surface area contributed by atoms with E-state index in [9.17, 15) is 0 Å². The molecule has 4 nitrogen and oxygen atoms in total. The lowest BCUT2D eigenvalue weighted by atomic mass is 10.0. The Kier molecular flexibility index (Phi) is 6.26. The highest BCUT2D eigenvalue weighted by Gasteiger charge is 2.20. The predicted molar refractivity (Wildman–Crippen MR) is 216 cm³/mol. The minimum atomic E-state index is 0.667. The molecule has 0 saturated heterocycles. The fourth-order valence-electron chi connectivity index (χ4n) is 7.58. The number of fused-ring (bicyclic) bond motifs is 10. The number of hydrogen-bond acceptors (Lipinski definition) is 5. The molecule has 0 atom stereocenters. The first-order valence-corrected chi connectivity index (χ1v) is 18.6. The standard InChI is InChI=1S/C45H26N4S2/c1-3-12-27(13-4-1)43-46-44(28-14-5-2-6-15-28)48-45(47-43)34-18-11-21-37-40(34)41-38(50-37)25-24-33-32-23-22-29(26-39(32)51-42(33)41)49-35-19-9-7-16-30(35)31-17-8-10-20-36(31)49/h1-26H. The molecule has 11 rings (SSSR count). The molecule has 0 unspecified atom stereocenters. The zero-order valence-corrected chi connectivity index (χ0v) is 28.7. The molecule has 0 aliphatic rings. The van der Waals surface area contributed by atoms with E-state index in [1.807, 2.05) is 59.1 Å². The molecule has 0 aliphatic carbocycles. The number of nitrogens with zero attached hydrogens (tertiary/aromatic N) is 4. The second kappa shape index (κ2) is 11.2. The van der Waals surface area contributed by atoms with E-state index in [1.54, 1.807) is 0 Å². The Hall–Kier alpha value is -6.21. The van der Waals surface area contributed by atoms with Gasteiger partial charge >= 0.3 is 0 Å². The van der Waals surface area contributed by atoms with Gasteiger partial charge in [-0.2, -0.15) is 0 Å². The van der Waals surface area contributed by atoms with Crippen LogP contribution in [0.3, 0.4) is 0 Å². The minimum Gasteiger partial charge on any atom is -0.309 e. The Labute approximate surface area is 300 Å². The van der Waals surface area contributed by atoms with Gasteiger partial charge in [-0.05, 0) is 36.4 Å². The van der Waals surface area contributed by atoms with Crippen LogP contribution in [0.1, 0.15) is 0 Å². The largest absolute Gasteiger partial charge is 0.309 e. The maximum atomic E-state index is 5.13. The van der Waals surface area contributed by atoms with Crippen molar-refractivity contribution < 1.29 is 0 Å². The third-order valence-electron chi connectivity index (χ3n) is 9.86. The highest BCUT2D eigenvalue weighted by Crippen LogP contribution is 2.47. The van der Waals surface area contributed by atoms with Crippen LogP contribution in [-0.2, 0) is 0 Å². The summed E-state index contributed by atoms with van der Waals surface area (Å²) in [4.78, 5) is 15.2. The third kappa shape index (κ3) is 4.40. The van der Waals surface area contributed by atoms with Gasteiger partial charge in [-0.1, -0.05) is 121 Å². The number of rotatable bonds is 4. The molecule has 0 spiro atoms. The Morgan fingerprint density at radius 1 is 0.392 bits per heavy atom. The van der Waals surface area contributed by atoms with Gasteiger partial charge < -0.3 is 4.57 Å². The molecule has 0 N–H and O–H groups in total. The van der Waals surface area contributed by atoms with Crippen LogP contribution >= 0.6 is 22.7 Å². The molecule has 0 fully saturated rings. The van der Waals surface area contributed by atoms with Crippen LogP contribution in [-0.4, -0.2) is 19.5 Å². The average molecular weight is 687 g/mol. The summed E-state index contributed by atoms with van der Waals surface area (Å²) in [7, 11) is 0. The molecule has 0 bridgehead atoms. The molecule has 4 heterocycles. The Bertz CT molecular complexity index is 3030. The average Bonchev–Trinajstić information content (AvgIpc) is 3.87. The number of thiophene rings is 2. The summed E-state index contributed by atoms with van der Waals surface area (Å²) in [5.74, 6) is 2.01. The van der Waals surface area contributed by atoms with E-state index in [1.165, 1.54) is 67.8 Å². The van der Waals surface area contributed by atoms with Crippen molar-refractivity contribution in [1.82, 2.24) is 19.5 Å². The van der Waals surface area contributed by atoms with Crippen molar-refractivity contribution in [2.75, 3.05) is 0 Å². The first-order valence-electron chi connectivity index (χ1n) is 16.9. The summed E-state index contributed by atoms with van der Waals surface area (Å²) >= 11 is 3.71. The first-order chi connectivity index (χ1) is 25.3. The fourth-order valence-corrected chi connectivity index (χ4v) is 10.1. The zero-order valence-electron chi connectivity index (χ0n) is 27.1. The van der Waals surface area contributed by atoms with Gasteiger partial charge in [-0.15, -0.1) is 22.7 Å². The van der Waals surface area contributed by atoms with E-state index in [2.05, 4.69) is 126 Å². The van der Waals surface area contributed by atoms with Gasteiger partial charge in [-0.3, -0.25) is 0 Å². The summed E-state index contributed by atoms with van der Waals surface area (Å²) < 4.78 is 7.45. The number of para-hydroxylation sites is 2. The van der Waals surface area contributed by atoms with Crippen LogP contribution in [0.5, 0.6) is 0 Å². The Morgan fingerprint density at radius 2 is 0.980 bits per heavy atom. The molecule has 0 radical (unpaired) electrons. The quantitative estimate of drug-likeness (QED) is 0.185. The smallest absolute Gasteiger partial charge is 0.164 e. The Morgan fingerprint density at radius 3 is 1.67 bits per heavy atom. The van der Waals surface area contributed by atoms with Gasteiger partial charge in [-0.25, -0.2) is 15.0 Å². The highest BCUT2D eigenvalue weighted by molar-refractivity contribution is 7.29. The topological polar surface area (TPSA) is 43.6 Å². The van der Waals surface area contributed by atoms with Gasteiger partial charge in [0.15, 0.2) is 17.5 Å². The van der Waals surface area contributed by atoms with Crippen molar-refractivity contribution in [3.8, 4) is 39.9 Å². The Balaban J connectivity index is 1.16. The van der Waals surface area contributed by atoms with E-state index in [4.69, 9.17) is 15.0 Å². The summed E-state index contributed by atoms with van der Waals surface area (Å²) in [5, 5.41) is 7.56. The summed E-state index contributed by atoms with van der Waals surface area (Å²) in [6.45, 7) is 0. The van der Waals surface area contributed by atoms with E-state index >= 15 is 0 Å². The molecule has 7 aromatic carbocycles. The van der Waals surface area contributed by atoms with E-state index < -0.39 is 0 Å². The minimum absolute atomic E-state index is 0.667. The highest BCUT2D eigenvalue weighted by atomic mass is 32.1. The molecule has 6 heteroatoms. The number of aromatic nitrogens is 4. The van der Waals surface area contributed by atoms with Crippen molar-refractivity contribution >= 4 is 84.8 Å². The van der Waals surface area contributed by atoms with E-state index in [0.29, 0.717) is 17.5 Å². The van der Waals surface area contributed by atoms with Crippen LogP contribution in [0.2, 0.25) is 0 Å². The first kappa shape index (κ1) is 28.6. The van der Waals surface area contributed by atoms with E-state index in [-0.39, 0.29) is 0 Å². The van der Waals surface area contributed by atoms with Gasteiger partial charge in [0.1, 0.15) is 0 Å². The third-order valence-corrected chi connectivity index (χ3v) is 12.2. The lowest BCUT2D eigenvalue weighted by Gasteiger charge is -2.09. The summed E-state index contributed by atoms with van der Waals surface area (Å²) in [6, 6.07) is 55.8. The van der Waals surface area contributed by atoms with Gasteiger partial charge in [0.05, 0.1) is 11.0 Å². The number of benzene rings is 7. The van der Waals surface area contributed by atoms with Crippen molar-refractivity contribution in [3.63, 3.8) is 0 Å². The molecule has 0 aliphatic heterocycles. The molecule has 4 aromatic heterocycles. The fraction of sp³-hybridized carbons (Fsp3) is 0. The van der Waals surface area contributed by atoms with Crippen LogP contribution in [0.25, 0.3) is 102 Å². The lowest BCUT2D eigenvalue weighted by Crippen LogP contribution is -2.00. The molecule has 0 amide bonds. The second-order valence-corrected chi connectivity index (χ2v) is 14.9. The van der Waals surface area contributed by atoms with Crippen LogP contribution in [0.15, 0.2) is 158 Å². The lowest BCUT2D eigenvalue weighted by molar-refractivity contribution is 1.08. The van der Waals surface area contributed by atoms with Gasteiger partial charge in [0.25, 0.3) is 0 Å². The molecular weight excluding hydrogens is 661 g/mol. The monoisotopic (exact) mass is 686 g/mol. The number of hydrogen-bond donors (Lipinski definition) is 0. The van der Waals surface area contributed by atoms with Gasteiger partial charge in [0.2, 0.25) is 0 Å². The van der Waals surface area contributed by atoms with E-state index in [0.717, 1.165) is 16.7 Å². The second-order valence-electron chi connectivity index (χ2n) is 12.8. The molecule has 11 aromatic rings. The van der Waals surface area contributed by atoms with Crippen molar-refractivity contribution in [3.05, 3.63) is 158 Å². The van der Waals surface area contributed by atoms with Gasteiger partial charge in [0, 0.05) is 73.5 Å². The molecule has 238 valence electrons. The van der Waals surface area contributed by atoms with Crippen molar-refractivity contribution in [2.45, 2.75) is 0 Å². The van der Waals surface area contributed by atoms with Crippen LogP contribution < -0.4 is 0 Å². The van der Waals surface area contributed by atoms with Crippen LogP contribution in [0, 0.1) is 0 Å². The zero-order chi connectivity index (χ0) is 33.5. The summed E-state index contributed by atoms with van der Waals surface area (Å²) in [5.41, 5.74) is 6.56. The maximum Gasteiger partial charge on any atom is 0.164 e. The summed E-state index contributed by atoms with van der Waals surface area (Å²) in [6.07, 6.45) is 0. The molecular formula is C45H26N4S2. The SMILES string of the molecule is c1ccc(-c2nc(-c3ccccc3)nc(-c3cccc4sc5ccc6c7ccc(-n8c9ccccc9c9ccccc98)cc7sc6c5c34)n2)cc1. The predicted octanol–water partition coefficient (Wildman–Crippen LogP) is 12.7. The molecule has 51 heavy (non-hydrogen) atoms. The van der Waals surface area contributed by atoms with Crippen molar-refractivity contribution in [2.24, 2.45) is 0 Å².